The number of aryl methyl sites for hydroxylation is 3. The Morgan fingerprint density at radius 2 is 1.93 bits per heavy atom. The quantitative estimate of drug-likeness (QED) is 0.478. The number of thiophene rings is 1. The molecule has 0 radical (unpaired) electrons. The number of benzene rings is 1. The summed E-state index contributed by atoms with van der Waals surface area (Å²) in [5.41, 5.74) is 4.07. The van der Waals surface area contributed by atoms with Gasteiger partial charge >= 0.3 is 0 Å². The van der Waals surface area contributed by atoms with Crippen LogP contribution in [0.25, 0.3) is 22.6 Å². The van der Waals surface area contributed by atoms with Crippen molar-refractivity contribution < 1.29 is 9.32 Å². The molecule has 0 unspecified atom stereocenters. The Kier molecular flexibility index (Phi) is 5.31. The third kappa shape index (κ3) is 4.18. The summed E-state index contributed by atoms with van der Waals surface area (Å²) in [5.74, 6) is 0.876. The van der Waals surface area contributed by atoms with Gasteiger partial charge in [-0.25, -0.2) is 4.98 Å². The van der Waals surface area contributed by atoms with Crippen molar-refractivity contribution in [2.24, 2.45) is 0 Å². The molecule has 4 aromatic rings. The van der Waals surface area contributed by atoms with Crippen molar-refractivity contribution in [2.45, 2.75) is 26.7 Å². The van der Waals surface area contributed by atoms with Crippen LogP contribution in [0.15, 0.2) is 45.6 Å². The largest absolute Gasteiger partial charge is 0.339 e. The highest BCUT2D eigenvalue weighted by molar-refractivity contribution is 7.16. The van der Waals surface area contributed by atoms with Gasteiger partial charge in [-0.3, -0.25) is 4.79 Å². The number of nitrogens with zero attached hydrogens (tertiary/aromatic N) is 3. The molecule has 28 heavy (non-hydrogen) atoms. The van der Waals surface area contributed by atoms with Crippen LogP contribution in [0.2, 0.25) is 0 Å². The van der Waals surface area contributed by atoms with Crippen LogP contribution in [-0.2, 0) is 11.2 Å². The van der Waals surface area contributed by atoms with E-state index in [2.05, 4.69) is 39.5 Å². The highest BCUT2D eigenvalue weighted by Crippen LogP contribution is 2.30. The van der Waals surface area contributed by atoms with E-state index in [-0.39, 0.29) is 12.3 Å². The van der Waals surface area contributed by atoms with Crippen LogP contribution in [0, 0.1) is 13.8 Å². The van der Waals surface area contributed by atoms with Gasteiger partial charge in [0.1, 0.15) is 0 Å². The van der Waals surface area contributed by atoms with E-state index in [1.54, 1.807) is 11.3 Å². The normalized spacial score (nSPS) is 10.9. The zero-order valence-electron chi connectivity index (χ0n) is 15.4. The van der Waals surface area contributed by atoms with E-state index in [1.165, 1.54) is 16.9 Å². The summed E-state index contributed by atoms with van der Waals surface area (Å²) in [4.78, 5) is 22.3. The van der Waals surface area contributed by atoms with E-state index in [9.17, 15) is 4.79 Å². The van der Waals surface area contributed by atoms with Crippen molar-refractivity contribution >= 4 is 33.7 Å². The second kappa shape index (κ2) is 8.04. The van der Waals surface area contributed by atoms with Crippen molar-refractivity contribution in [1.82, 2.24) is 15.1 Å². The molecule has 0 atom stereocenters. The van der Waals surface area contributed by atoms with Crippen LogP contribution in [0.1, 0.15) is 22.8 Å². The van der Waals surface area contributed by atoms with E-state index in [4.69, 9.17) is 4.52 Å². The number of thiazole rings is 1. The van der Waals surface area contributed by atoms with Crippen molar-refractivity contribution in [2.75, 3.05) is 5.32 Å². The fraction of sp³-hybridized carbons (Fsp3) is 0.200. The third-order valence-corrected chi connectivity index (χ3v) is 5.75. The van der Waals surface area contributed by atoms with Crippen LogP contribution in [0.3, 0.4) is 0 Å². The van der Waals surface area contributed by atoms with Gasteiger partial charge in [0, 0.05) is 34.2 Å². The minimum absolute atomic E-state index is 0.125. The van der Waals surface area contributed by atoms with Crippen LogP contribution in [-0.4, -0.2) is 21.0 Å². The Morgan fingerprint density at radius 1 is 1.11 bits per heavy atom. The van der Waals surface area contributed by atoms with Crippen LogP contribution in [0.5, 0.6) is 0 Å². The van der Waals surface area contributed by atoms with Crippen molar-refractivity contribution in [3.63, 3.8) is 0 Å². The van der Waals surface area contributed by atoms with Crippen molar-refractivity contribution in [3.05, 3.63) is 57.4 Å². The minimum atomic E-state index is -0.125. The number of amides is 1. The molecule has 0 aliphatic carbocycles. The molecule has 4 rings (SSSR count). The summed E-state index contributed by atoms with van der Waals surface area (Å²) < 4.78 is 5.23. The van der Waals surface area contributed by atoms with E-state index < -0.39 is 0 Å². The lowest BCUT2D eigenvalue weighted by molar-refractivity contribution is -0.116. The Morgan fingerprint density at radius 3 is 2.68 bits per heavy atom. The summed E-state index contributed by atoms with van der Waals surface area (Å²) >= 11 is 3.05. The van der Waals surface area contributed by atoms with Gasteiger partial charge in [0.25, 0.3) is 0 Å². The van der Waals surface area contributed by atoms with Gasteiger partial charge in [0.2, 0.25) is 17.6 Å². The molecular weight excluding hydrogens is 392 g/mol. The SMILES string of the molecule is Cc1ccc(-c2nc(NC(=O)CCc3nc(-c4ccsc4)no3)sc2C)cc1. The summed E-state index contributed by atoms with van der Waals surface area (Å²) in [5, 5.41) is 11.3. The molecular formula is C20H18N4O2S2. The van der Waals surface area contributed by atoms with Gasteiger partial charge < -0.3 is 9.84 Å². The number of carbonyl (C=O) groups is 1. The van der Waals surface area contributed by atoms with Gasteiger partial charge in [-0.15, -0.1) is 11.3 Å². The van der Waals surface area contributed by atoms with Gasteiger partial charge in [0.15, 0.2) is 5.13 Å². The molecule has 0 spiro atoms. The molecule has 142 valence electrons. The molecule has 1 amide bonds. The molecule has 0 aliphatic heterocycles. The maximum Gasteiger partial charge on any atom is 0.227 e. The summed E-state index contributed by atoms with van der Waals surface area (Å²) in [6.45, 7) is 4.06. The molecule has 8 heteroatoms. The Balaban J connectivity index is 1.36. The molecule has 0 saturated heterocycles. The predicted octanol–water partition coefficient (Wildman–Crippen LogP) is 5.11. The third-order valence-electron chi connectivity index (χ3n) is 4.18. The van der Waals surface area contributed by atoms with Gasteiger partial charge in [-0.1, -0.05) is 35.0 Å². The Labute approximate surface area is 170 Å². The lowest BCUT2D eigenvalue weighted by Gasteiger charge is -2.00. The molecule has 6 nitrogen and oxygen atoms in total. The Bertz CT molecular complexity index is 1080. The number of carbonyl (C=O) groups excluding carboxylic acids is 1. The first-order valence-electron chi connectivity index (χ1n) is 8.78. The lowest BCUT2D eigenvalue weighted by Crippen LogP contribution is -2.12. The summed E-state index contributed by atoms with van der Waals surface area (Å²) in [6, 6.07) is 10.1. The zero-order valence-corrected chi connectivity index (χ0v) is 17.1. The maximum absolute atomic E-state index is 12.3. The molecule has 1 aromatic carbocycles. The molecule has 0 saturated carbocycles. The maximum atomic E-state index is 12.3. The summed E-state index contributed by atoms with van der Waals surface area (Å²) in [6.07, 6.45) is 0.641. The molecule has 3 aromatic heterocycles. The lowest BCUT2D eigenvalue weighted by atomic mass is 10.1. The molecule has 1 N–H and O–H groups in total. The van der Waals surface area contributed by atoms with Crippen molar-refractivity contribution in [3.8, 4) is 22.6 Å². The van der Waals surface area contributed by atoms with Crippen LogP contribution in [0.4, 0.5) is 5.13 Å². The molecule has 0 aliphatic rings. The second-order valence-corrected chi connectivity index (χ2v) is 8.34. The topological polar surface area (TPSA) is 80.9 Å². The first-order chi connectivity index (χ1) is 13.6. The number of nitrogens with one attached hydrogen (secondary N) is 1. The standard InChI is InChI=1S/C20H18N4O2S2/c1-12-3-5-14(6-4-12)18-13(2)28-20(23-18)21-16(25)7-8-17-22-19(24-26-17)15-9-10-27-11-15/h3-6,9-11H,7-8H2,1-2H3,(H,21,23,25). The Hall–Kier alpha value is -2.84. The van der Waals surface area contributed by atoms with Crippen molar-refractivity contribution in [1.29, 1.82) is 0 Å². The highest BCUT2D eigenvalue weighted by atomic mass is 32.1. The van der Waals surface area contributed by atoms with Crippen LogP contribution < -0.4 is 5.32 Å². The van der Waals surface area contributed by atoms with E-state index in [0.717, 1.165) is 21.7 Å². The number of anilines is 1. The van der Waals surface area contributed by atoms with Gasteiger partial charge in [-0.05, 0) is 25.3 Å². The second-order valence-electron chi connectivity index (χ2n) is 6.36. The fourth-order valence-electron chi connectivity index (χ4n) is 2.70. The molecule has 3 heterocycles. The monoisotopic (exact) mass is 410 g/mol. The summed E-state index contributed by atoms with van der Waals surface area (Å²) in [7, 11) is 0. The first-order valence-corrected chi connectivity index (χ1v) is 10.5. The number of hydrogen-bond donors (Lipinski definition) is 1. The highest BCUT2D eigenvalue weighted by Gasteiger charge is 2.14. The van der Waals surface area contributed by atoms with Gasteiger partial charge in [0.05, 0.1) is 5.69 Å². The number of aromatic nitrogens is 3. The average molecular weight is 411 g/mol. The first kappa shape index (κ1) is 18.5. The van der Waals surface area contributed by atoms with Gasteiger partial charge in [-0.2, -0.15) is 16.3 Å². The number of hydrogen-bond acceptors (Lipinski definition) is 7. The van der Waals surface area contributed by atoms with E-state index in [1.807, 2.05) is 35.9 Å². The molecule has 0 bridgehead atoms. The predicted molar refractivity (Wildman–Crippen MR) is 112 cm³/mol. The molecule has 0 fully saturated rings. The van der Waals surface area contributed by atoms with Crippen LogP contribution >= 0.6 is 22.7 Å². The van der Waals surface area contributed by atoms with E-state index >= 15 is 0 Å². The number of rotatable bonds is 6. The smallest absolute Gasteiger partial charge is 0.227 e. The van der Waals surface area contributed by atoms with E-state index in [0.29, 0.717) is 23.3 Å². The minimum Gasteiger partial charge on any atom is -0.339 e. The fourth-order valence-corrected chi connectivity index (χ4v) is 4.18. The average Bonchev–Trinajstić information content (AvgIpc) is 3.41. The zero-order chi connectivity index (χ0) is 19.5.